The first-order valence-corrected chi connectivity index (χ1v) is 6.13. The average Bonchev–Trinajstić information content (AvgIpc) is 2.43. The van der Waals surface area contributed by atoms with Gasteiger partial charge in [-0.25, -0.2) is 4.39 Å². The summed E-state index contributed by atoms with van der Waals surface area (Å²) in [7, 11) is 1.59. The zero-order valence-electron chi connectivity index (χ0n) is 11.1. The molecule has 0 atom stereocenters. The van der Waals surface area contributed by atoms with E-state index in [2.05, 4.69) is 0 Å². The quantitative estimate of drug-likeness (QED) is 0.854. The van der Waals surface area contributed by atoms with Gasteiger partial charge in [0.25, 0.3) is 0 Å². The van der Waals surface area contributed by atoms with Gasteiger partial charge in [-0.2, -0.15) is 0 Å². The molecule has 2 N–H and O–H groups in total. The van der Waals surface area contributed by atoms with Crippen molar-refractivity contribution >= 4 is 17.1 Å². The van der Waals surface area contributed by atoms with Crippen molar-refractivity contribution in [1.82, 2.24) is 0 Å². The Labute approximate surface area is 112 Å². The lowest BCUT2D eigenvalue weighted by Gasteiger charge is -2.25. The van der Waals surface area contributed by atoms with Gasteiger partial charge in [0, 0.05) is 12.6 Å². The number of hydrogen-bond donors (Lipinski definition) is 1. The molecule has 0 spiro atoms. The molecule has 3 nitrogen and oxygen atoms in total. The molecule has 2 rings (SSSR count). The number of benzene rings is 2. The van der Waals surface area contributed by atoms with Crippen molar-refractivity contribution in [1.29, 1.82) is 0 Å². The van der Waals surface area contributed by atoms with Crippen molar-refractivity contribution in [2.45, 2.75) is 6.92 Å². The maximum atomic E-state index is 13.9. The van der Waals surface area contributed by atoms with Crippen LogP contribution in [0.15, 0.2) is 42.5 Å². The van der Waals surface area contributed by atoms with Crippen LogP contribution in [0.25, 0.3) is 0 Å². The molecule has 2 aromatic rings. The van der Waals surface area contributed by atoms with Gasteiger partial charge in [0.2, 0.25) is 0 Å². The maximum absolute atomic E-state index is 13.9. The molecule has 0 saturated carbocycles. The number of halogens is 1. The first kappa shape index (κ1) is 13.2. The van der Waals surface area contributed by atoms with E-state index in [4.69, 9.17) is 10.5 Å². The Kier molecular flexibility index (Phi) is 3.90. The lowest BCUT2D eigenvalue weighted by atomic mass is 10.2. The largest absolute Gasteiger partial charge is 0.497 e. The van der Waals surface area contributed by atoms with Gasteiger partial charge in [-0.05, 0) is 31.2 Å². The van der Waals surface area contributed by atoms with Gasteiger partial charge in [-0.3, -0.25) is 0 Å². The molecule has 0 aliphatic rings. The lowest BCUT2D eigenvalue weighted by molar-refractivity contribution is 0.415. The molecule has 4 heteroatoms. The van der Waals surface area contributed by atoms with Crippen molar-refractivity contribution < 1.29 is 9.13 Å². The van der Waals surface area contributed by atoms with Gasteiger partial charge in [0.15, 0.2) is 0 Å². The number of methoxy groups -OCH3 is 1. The number of rotatable bonds is 4. The van der Waals surface area contributed by atoms with E-state index in [0.717, 1.165) is 5.69 Å². The molecule has 0 fully saturated rings. The van der Waals surface area contributed by atoms with Crippen molar-refractivity contribution in [3.05, 3.63) is 48.3 Å². The minimum absolute atomic E-state index is 0.264. The van der Waals surface area contributed by atoms with Crippen LogP contribution in [-0.4, -0.2) is 13.7 Å². The highest BCUT2D eigenvalue weighted by Gasteiger charge is 2.14. The van der Waals surface area contributed by atoms with E-state index < -0.39 is 0 Å². The minimum Gasteiger partial charge on any atom is -0.497 e. The SMILES string of the molecule is CCN(c1ccc(OC)cc1N)c1ccccc1F. The highest BCUT2D eigenvalue weighted by molar-refractivity contribution is 5.76. The molecule has 0 aliphatic heterocycles. The monoisotopic (exact) mass is 260 g/mol. The second-order valence-corrected chi connectivity index (χ2v) is 4.12. The molecular formula is C15H17FN2O. The van der Waals surface area contributed by atoms with Gasteiger partial charge in [0.1, 0.15) is 11.6 Å². The van der Waals surface area contributed by atoms with E-state index in [1.807, 2.05) is 24.0 Å². The third-order valence-corrected chi connectivity index (χ3v) is 2.98. The fraction of sp³-hybridized carbons (Fsp3) is 0.200. The van der Waals surface area contributed by atoms with Crippen molar-refractivity contribution in [2.75, 3.05) is 24.3 Å². The number of para-hydroxylation sites is 1. The summed E-state index contributed by atoms with van der Waals surface area (Å²) in [5.74, 6) is 0.422. The summed E-state index contributed by atoms with van der Waals surface area (Å²) < 4.78 is 19.0. The van der Waals surface area contributed by atoms with E-state index >= 15 is 0 Å². The molecule has 0 aliphatic carbocycles. The van der Waals surface area contributed by atoms with E-state index in [0.29, 0.717) is 23.7 Å². The summed E-state index contributed by atoms with van der Waals surface area (Å²) in [6, 6.07) is 12.0. The van der Waals surface area contributed by atoms with Gasteiger partial charge in [-0.1, -0.05) is 12.1 Å². The molecule has 0 aromatic heterocycles. The summed E-state index contributed by atoms with van der Waals surface area (Å²) in [6.07, 6.45) is 0. The van der Waals surface area contributed by atoms with Crippen molar-refractivity contribution in [2.24, 2.45) is 0 Å². The Morgan fingerprint density at radius 2 is 1.89 bits per heavy atom. The Morgan fingerprint density at radius 3 is 2.47 bits per heavy atom. The molecule has 0 amide bonds. The van der Waals surface area contributed by atoms with Crippen LogP contribution in [0.4, 0.5) is 21.5 Å². The molecule has 0 saturated heterocycles. The fourth-order valence-electron chi connectivity index (χ4n) is 2.05. The van der Waals surface area contributed by atoms with Crippen LogP contribution in [0.2, 0.25) is 0 Å². The number of nitrogens with two attached hydrogens (primary N) is 1. The van der Waals surface area contributed by atoms with E-state index in [1.165, 1.54) is 6.07 Å². The van der Waals surface area contributed by atoms with Gasteiger partial charge in [0.05, 0.1) is 24.2 Å². The van der Waals surface area contributed by atoms with Gasteiger partial charge in [-0.15, -0.1) is 0 Å². The fourth-order valence-corrected chi connectivity index (χ4v) is 2.05. The molecule has 19 heavy (non-hydrogen) atoms. The molecular weight excluding hydrogens is 243 g/mol. The average molecular weight is 260 g/mol. The van der Waals surface area contributed by atoms with Crippen LogP contribution in [0.1, 0.15) is 6.92 Å². The zero-order valence-corrected chi connectivity index (χ0v) is 11.1. The van der Waals surface area contributed by atoms with Gasteiger partial charge >= 0.3 is 0 Å². The second kappa shape index (κ2) is 5.61. The number of anilines is 3. The summed E-state index contributed by atoms with van der Waals surface area (Å²) in [4.78, 5) is 1.84. The summed E-state index contributed by atoms with van der Waals surface area (Å²) >= 11 is 0. The van der Waals surface area contributed by atoms with E-state index in [9.17, 15) is 4.39 Å². The molecule has 0 unspecified atom stereocenters. The number of nitrogen functional groups attached to an aromatic ring is 1. The second-order valence-electron chi connectivity index (χ2n) is 4.12. The third kappa shape index (κ3) is 2.62. The topological polar surface area (TPSA) is 38.5 Å². The lowest BCUT2D eigenvalue weighted by Crippen LogP contribution is -2.18. The van der Waals surface area contributed by atoms with Crippen molar-refractivity contribution in [3.8, 4) is 5.75 Å². The van der Waals surface area contributed by atoms with E-state index in [-0.39, 0.29) is 5.82 Å². The molecule has 0 bridgehead atoms. The van der Waals surface area contributed by atoms with Gasteiger partial charge < -0.3 is 15.4 Å². The summed E-state index contributed by atoms with van der Waals surface area (Å²) in [5.41, 5.74) is 7.86. The predicted octanol–water partition coefficient (Wildman–Crippen LogP) is 3.57. The zero-order chi connectivity index (χ0) is 13.8. The highest BCUT2D eigenvalue weighted by atomic mass is 19.1. The van der Waals surface area contributed by atoms with Crippen LogP contribution >= 0.6 is 0 Å². The number of nitrogens with zero attached hydrogens (tertiary/aromatic N) is 1. The Bertz CT molecular complexity index is 572. The summed E-state index contributed by atoms with van der Waals surface area (Å²) in [5, 5.41) is 0. The van der Waals surface area contributed by atoms with E-state index in [1.54, 1.807) is 31.4 Å². The van der Waals surface area contributed by atoms with Crippen LogP contribution in [0.5, 0.6) is 5.75 Å². The first-order chi connectivity index (χ1) is 9.17. The third-order valence-electron chi connectivity index (χ3n) is 2.98. The predicted molar refractivity (Wildman–Crippen MR) is 76.5 cm³/mol. The van der Waals surface area contributed by atoms with Crippen LogP contribution in [0.3, 0.4) is 0 Å². The number of hydrogen-bond acceptors (Lipinski definition) is 3. The maximum Gasteiger partial charge on any atom is 0.146 e. The minimum atomic E-state index is -0.264. The summed E-state index contributed by atoms with van der Waals surface area (Å²) in [6.45, 7) is 2.58. The van der Waals surface area contributed by atoms with Crippen LogP contribution < -0.4 is 15.4 Å². The van der Waals surface area contributed by atoms with Crippen LogP contribution in [0, 0.1) is 5.82 Å². The molecule has 100 valence electrons. The highest BCUT2D eigenvalue weighted by Crippen LogP contribution is 2.33. The Morgan fingerprint density at radius 1 is 1.16 bits per heavy atom. The standard InChI is InChI=1S/C15H17FN2O/c1-3-18(14-7-5-4-6-12(14)16)15-9-8-11(19-2)10-13(15)17/h4-10H,3,17H2,1-2H3. The smallest absolute Gasteiger partial charge is 0.146 e. The molecule has 0 heterocycles. The Balaban J connectivity index is 2.46. The number of ether oxygens (including phenoxy) is 1. The Hall–Kier alpha value is -2.23. The normalized spacial score (nSPS) is 10.3. The van der Waals surface area contributed by atoms with Crippen LogP contribution in [-0.2, 0) is 0 Å². The molecule has 0 radical (unpaired) electrons. The van der Waals surface area contributed by atoms with Crippen molar-refractivity contribution in [3.63, 3.8) is 0 Å². The first-order valence-electron chi connectivity index (χ1n) is 6.13. The molecule has 2 aromatic carbocycles.